The monoisotopic (exact) mass is 473 g/mol. The first-order valence-corrected chi connectivity index (χ1v) is 11.8. The number of nitrogens with zero attached hydrogens (tertiary/aromatic N) is 1. The third-order valence-electron chi connectivity index (χ3n) is 6.25. The van der Waals surface area contributed by atoms with Crippen LogP contribution < -0.4 is 20.1 Å². The van der Waals surface area contributed by atoms with Crippen LogP contribution in [-0.2, 0) is 11.3 Å². The first-order chi connectivity index (χ1) is 17.1. The van der Waals surface area contributed by atoms with E-state index in [1.807, 2.05) is 54.6 Å². The van der Waals surface area contributed by atoms with Crippen LogP contribution in [0.15, 0.2) is 72.8 Å². The molecule has 1 fully saturated rings. The van der Waals surface area contributed by atoms with Gasteiger partial charge in [0.15, 0.2) is 0 Å². The van der Waals surface area contributed by atoms with Crippen molar-refractivity contribution in [2.24, 2.45) is 0 Å². The number of carbonyl (C=O) groups excluding carboxylic acids is 2. The van der Waals surface area contributed by atoms with E-state index in [4.69, 9.17) is 9.47 Å². The fourth-order valence-corrected chi connectivity index (χ4v) is 4.51. The van der Waals surface area contributed by atoms with Gasteiger partial charge in [-0.15, -0.1) is 0 Å². The third-order valence-corrected chi connectivity index (χ3v) is 6.25. The molecule has 3 aromatic rings. The molecule has 0 aliphatic carbocycles. The molecule has 1 aliphatic rings. The second kappa shape index (κ2) is 11.5. The maximum Gasteiger partial charge on any atom is 0.253 e. The SMILES string of the molecule is COc1ccc(OC)c(C2CCCN2CC(=O)Nc2ccccc2C(=O)NCc2ccccc2)c1. The third kappa shape index (κ3) is 6.00. The first kappa shape index (κ1) is 24.3. The summed E-state index contributed by atoms with van der Waals surface area (Å²) in [6.07, 6.45) is 1.91. The number of hydrogen-bond donors (Lipinski definition) is 2. The van der Waals surface area contributed by atoms with Gasteiger partial charge in [0, 0.05) is 18.2 Å². The van der Waals surface area contributed by atoms with Crippen LogP contribution in [0.2, 0.25) is 0 Å². The van der Waals surface area contributed by atoms with Crippen LogP contribution in [0, 0.1) is 0 Å². The molecule has 1 aliphatic heterocycles. The quantitative estimate of drug-likeness (QED) is 0.481. The van der Waals surface area contributed by atoms with E-state index >= 15 is 0 Å². The highest BCUT2D eigenvalue weighted by Gasteiger charge is 2.30. The van der Waals surface area contributed by atoms with E-state index < -0.39 is 0 Å². The Balaban J connectivity index is 1.43. The van der Waals surface area contributed by atoms with E-state index in [0.717, 1.165) is 42.0 Å². The summed E-state index contributed by atoms with van der Waals surface area (Å²) in [6.45, 7) is 1.43. The van der Waals surface area contributed by atoms with Crippen LogP contribution in [-0.4, -0.2) is 44.0 Å². The lowest BCUT2D eigenvalue weighted by Gasteiger charge is -2.26. The molecule has 1 heterocycles. The van der Waals surface area contributed by atoms with E-state index in [9.17, 15) is 9.59 Å². The predicted molar refractivity (Wildman–Crippen MR) is 136 cm³/mol. The first-order valence-electron chi connectivity index (χ1n) is 11.8. The number of anilines is 1. The van der Waals surface area contributed by atoms with Crippen molar-refractivity contribution in [3.8, 4) is 11.5 Å². The number of carbonyl (C=O) groups is 2. The Morgan fingerprint density at radius 2 is 1.74 bits per heavy atom. The maximum absolute atomic E-state index is 13.0. The molecule has 7 heteroatoms. The lowest BCUT2D eigenvalue weighted by molar-refractivity contribution is -0.117. The maximum atomic E-state index is 13.0. The number of nitrogens with one attached hydrogen (secondary N) is 2. The van der Waals surface area contributed by atoms with Crippen molar-refractivity contribution in [3.63, 3.8) is 0 Å². The van der Waals surface area contributed by atoms with Crippen molar-refractivity contribution in [2.45, 2.75) is 25.4 Å². The van der Waals surface area contributed by atoms with Gasteiger partial charge in [-0.1, -0.05) is 42.5 Å². The van der Waals surface area contributed by atoms with Crippen molar-refractivity contribution in [1.29, 1.82) is 0 Å². The van der Waals surface area contributed by atoms with E-state index in [1.54, 1.807) is 32.4 Å². The average Bonchev–Trinajstić information content (AvgIpc) is 3.35. The molecule has 0 saturated carbocycles. The van der Waals surface area contributed by atoms with Gasteiger partial charge in [0.05, 0.1) is 32.0 Å². The molecular formula is C28H31N3O4. The van der Waals surface area contributed by atoms with Crippen molar-refractivity contribution < 1.29 is 19.1 Å². The van der Waals surface area contributed by atoms with Crippen LogP contribution in [0.5, 0.6) is 11.5 Å². The molecule has 0 spiro atoms. The predicted octanol–water partition coefficient (Wildman–Crippen LogP) is 4.41. The van der Waals surface area contributed by atoms with Crippen LogP contribution in [0.1, 0.15) is 40.4 Å². The molecule has 7 nitrogen and oxygen atoms in total. The molecule has 0 radical (unpaired) electrons. The minimum absolute atomic E-state index is 0.0511. The molecule has 182 valence electrons. The zero-order valence-corrected chi connectivity index (χ0v) is 20.1. The number of benzene rings is 3. The van der Waals surface area contributed by atoms with Gasteiger partial charge in [-0.3, -0.25) is 14.5 Å². The highest BCUT2D eigenvalue weighted by molar-refractivity contribution is 6.04. The van der Waals surface area contributed by atoms with Crippen molar-refractivity contribution >= 4 is 17.5 Å². The lowest BCUT2D eigenvalue weighted by Crippen LogP contribution is -2.33. The van der Waals surface area contributed by atoms with E-state index in [1.165, 1.54) is 0 Å². The number of methoxy groups -OCH3 is 2. The summed E-state index contributed by atoms with van der Waals surface area (Å²) in [7, 11) is 3.29. The summed E-state index contributed by atoms with van der Waals surface area (Å²) in [5.74, 6) is 1.14. The second-order valence-corrected chi connectivity index (χ2v) is 8.50. The Morgan fingerprint density at radius 1 is 0.971 bits per heavy atom. The van der Waals surface area contributed by atoms with Crippen LogP contribution in [0.3, 0.4) is 0 Å². The highest BCUT2D eigenvalue weighted by Crippen LogP contribution is 2.38. The molecule has 1 unspecified atom stereocenters. The standard InChI is InChI=1S/C28H31N3O4/c1-34-21-14-15-26(35-2)23(17-21)25-13-8-16-31(25)19-27(32)30-24-12-7-6-11-22(24)28(33)29-18-20-9-4-3-5-10-20/h3-7,9-12,14-15,17,25H,8,13,16,18-19H2,1-2H3,(H,29,33)(H,30,32). The van der Waals surface area contributed by atoms with Gasteiger partial charge in [-0.2, -0.15) is 0 Å². The smallest absolute Gasteiger partial charge is 0.253 e. The molecule has 0 aromatic heterocycles. The fourth-order valence-electron chi connectivity index (χ4n) is 4.51. The number of amides is 2. The normalized spacial score (nSPS) is 15.4. The van der Waals surface area contributed by atoms with Crippen molar-refractivity contribution in [2.75, 3.05) is 32.6 Å². The van der Waals surface area contributed by atoms with Gasteiger partial charge in [0.25, 0.3) is 5.91 Å². The van der Waals surface area contributed by atoms with E-state index in [-0.39, 0.29) is 24.4 Å². The number of hydrogen-bond acceptors (Lipinski definition) is 5. The minimum Gasteiger partial charge on any atom is -0.497 e. The summed E-state index contributed by atoms with van der Waals surface area (Å²) < 4.78 is 11.0. The van der Waals surface area contributed by atoms with Gasteiger partial charge >= 0.3 is 0 Å². The summed E-state index contributed by atoms with van der Waals surface area (Å²) in [4.78, 5) is 28.0. The van der Waals surface area contributed by atoms with E-state index in [2.05, 4.69) is 15.5 Å². The average molecular weight is 474 g/mol. The minimum atomic E-state index is -0.232. The molecule has 35 heavy (non-hydrogen) atoms. The summed E-state index contributed by atoms with van der Waals surface area (Å²) in [6, 6.07) is 22.6. The Bertz CT molecular complexity index is 1170. The van der Waals surface area contributed by atoms with E-state index in [0.29, 0.717) is 17.8 Å². The number of rotatable bonds is 9. The van der Waals surface area contributed by atoms with Gasteiger partial charge < -0.3 is 20.1 Å². The summed E-state index contributed by atoms with van der Waals surface area (Å²) >= 11 is 0. The zero-order valence-electron chi connectivity index (χ0n) is 20.1. The fraction of sp³-hybridized carbons (Fsp3) is 0.286. The van der Waals surface area contributed by atoms with Crippen molar-refractivity contribution in [3.05, 3.63) is 89.5 Å². The number of para-hydroxylation sites is 1. The molecule has 2 amide bonds. The van der Waals surface area contributed by atoms with Gasteiger partial charge in [-0.25, -0.2) is 0 Å². The van der Waals surface area contributed by atoms with Crippen LogP contribution in [0.4, 0.5) is 5.69 Å². The topological polar surface area (TPSA) is 79.9 Å². The number of ether oxygens (including phenoxy) is 2. The molecule has 1 atom stereocenters. The number of likely N-dealkylation sites (tertiary alicyclic amines) is 1. The van der Waals surface area contributed by atoms with Gasteiger partial charge in [0.1, 0.15) is 11.5 Å². The molecule has 2 N–H and O–H groups in total. The lowest BCUT2D eigenvalue weighted by atomic mass is 10.0. The van der Waals surface area contributed by atoms with Gasteiger partial charge in [-0.05, 0) is 55.3 Å². The van der Waals surface area contributed by atoms with Crippen LogP contribution in [0.25, 0.3) is 0 Å². The van der Waals surface area contributed by atoms with Gasteiger partial charge in [0.2, 0.25) is 5.91 Å². The largest absolute Gasteiger partial charge is 0.497 e. The molecule has 1 saturated heterocycles. The molecule has 4 rings (SSSR count). The zero-order chi connectivity index (χ0) is 24.6. The molecular weight excluding hydrogens is 442 g/mol. The second-order valence-electron chi connectivity index (χ2n) is 8.50. The molecule has 0 bridgehead atoms. The Hall–Kier alpha value is -3.84. The Kier molecular flexibility index (Phi) is 8.00. The Labute approximate surface area is 206 Å². The summed E-state index contributed by atoms with van der Waals surface area (Å²) in [5.41, 5.74) is 2.95. The molecule has 3 aromatic carbocycles. The van der Waals surface area contributed by atoms with Crippen LogP contribution >= 0.6 is 0 Å². The van der Waals surface area contributed by atoms with Crippen molar-refractivity contribution in [1.82, 2.24) is 10.2 Å². The Morgan fingerprint density at radius 3 is 2.51 bits per heavy atom. The summed E-state index contributed by atoms with van der Waals surface area (Å²) in [5, 5.41) is 5.87. The highest BCUT2D eigenvalue weighted by atomic mass is 16.5.